The van der Waals surface area contributed by atoms with Crippen molar-refractivity contribution in [3.8, 4) is 0 Å². The number of nitrogens with zero attached hydrogens (tertiary/aromatic N) is 10. The Morgan fingerprint density at radius 3 is 0.982 bits per heavy atom. The first-order valence-corrected chi connectivity index (χ1v) is 39.1. The van der Waals surface area contributed by atoms with Gasteiger partial charge in [-0.2, -0.15) is 8.42 Å². The van der Waals surface area contributed by atoms with Gasteiger partial charge in [-0.05, 0) is 165 Å². The van der Waals surface area contributed by atoms with Gasteiger partial charge in [0.15, 0.2) is 0 Å². The van der Waals surface area contributed by atoms with Crippen LogP contribution < -0.4 is 16.0 Å². The lowest BCUT2D eigenvalue weighted by atomic mass is 9.96. The van der Waals surface area contributed by atoms with Crippen molar-refractivity contribution in [2.45, 2.75) is 198 Å². The minimum absolute atomic E-state index is 0. The van der Waals surface area contributed by atoms with E-state index in [1.54, 1.807) is 62.3 Å². The number of rotatable bonds is 20. The Morgan fingerprint density at radius 1 is 0.402 bits per heavy atom. The number of hydrogen-bond acceptors (Lipinski definition) is 21. The molecule has 0 unspecified atom stereocenters. The van der Waals surface area contributed by atoms with Crippen LogP contribution in [0.5, 0.6) is 0 Å². The van der Waals surface area contributed by atoms with E-state index < -0.39 is 65.7 Å². The number of carbonyl (C=O) groups is 4. The molecular formula is C76H145F10N13O12S. The van der Waals surface area contributed by atoms with E-state index in [9.17, 15) is 71.5 Å². The summed E-state index contributed by atoms with van der Waals surface area (Å²) in [6.07, 6.45) is -9.72. The highest BCUT2D eigenvalue weighted by atomic mass is 32.2. The average Bonchev–Trinajstić information content (AvgIpc) is 0.834. The molecule has 9 rings (SSSR count). The molecular weight excluding hydrogens is 1510 g/mol. The van der Waals surface area contributed by atoms with Crippen LogP contribution in [-0.2, 0) is 33.2 Å². The smallest absolute Gasteiger partial charge is 0.410 e. The van der Waals surface area contributed by atoms with Crippen molar-refractivity contribution in [3.05, 3.63) is 29.8 Å². The molecule has 4 N–H and O–H groups in total. The van der Waals surface area contributed by atoms with Crippen LogP contribution in [-0.4, -0.2) is 364 Å². The number of likely N-dealkylation sites (tertiary alicyclic amines) is 2. The zero-order valence-corrected chi connectivity index (χ0v) is 67.0. The van der Waals surface area contributed by atoms with Crippen molar-refractivity contribution < 1.29 is 99.7 Å². The van der Waals surface area contributed by atoms with Crippen molar-refractivity contribution in [1.82, 2.24) is 64.9 Å². The van der Waals surface area contributed by atoms with Crippen LogP contribution in [0.1, 0.15) is 138 Å². The monoisotopic (exact) mass is 1650 g/mol. The Labute approximate surface area is 665 Å². The number of nitrogens with one attached hydrogen (secondary N) is 3. The number of aliphatic hydroxyl groups is 1. The summed E-state index contributed by atoms with van der Waals surface area (Å²) in [5.74, 6) is 1.62. The highest BCUT2D eigenvalue weighted by molar-refractivity contribution is 7.86. The summed E-state index contributed by atoms with van der Waals surface area (Å²) in [5, 5.41) is 16.9. The van der Waals surface area contributed by atoms with Gasteiger partial charge in [-0.3, -0.25) is 23.8 Å². The molecule has 0 saturated carbocycles. The fourth-order valence-corrected chi connectivity index (χ4v) is 12.4. The normalized spacial score (nSPS) is 18.8. The van der Waals surface area contributed by atoms with Crippen molar-refractivity contribution in [1.29, 1.82) is 0 Å². The third-order valence-electron chi connectivity index (χ3n) is 17.5. The van der Waals surface area contributed by atoms with Gasteiger partial charge in [0, 0.05) is 157 Å². The molecule has 8 aliphatic rings. The molecule has 8 heterocycles. The van der Waals surface area contributed by atoms with Gasteiger partial charge in [0.1, 0.15) is 29.0 Å². The van der Waals surface area contributed by atoms with Gasteiger partial charge in [0.25, 0.3) is 42.2 Å². The second kappa shape index (κ2) is 54.9. The van der Waals surface area contributed by atoms with E-state index in [4.69, 9.17) is 28.2 Å². The van der Waals surface area contributed by atoms with Gasteiger partial charge < -0.3 is 69.4 Å². The molecule has 1 aromatic rings. The average molecular weight is 1660 g/mol. The Balaban J connectivity index is 0. The molecule has 0 aliphatic carbocycles. The molecule has 8 fully saturated rings. The van der Waals surface area contributed by atoms with E-state index in [2.05, 4.69) is 25.8 Å². The standard InChI is InChI=1S/C17H25NO5S.C16H29F2N3O2.C11H21F2N3.C11H20F2N2O2.C9H18N2O2.C6H12F2N2.C2H4F2O.4CH4/c1-13-5-7-15(8-6-13)24(20,21)22-10-9-14-11-18(12-14)16(19)23-17(2,3)4;1-16(2,3)23-15(22)21-10-13(11-21)4-5-19-6-8-20(9-7-19)12-14(17)18;12-11(13)9-16-5-3-15(4-6-16)2-1-10-7-14-8-10;1-11(2,3)17-10(16)15-6-4-14(5-7-15)8-9(12)13;1-9(2,3)13-8(12)11-6-4-10-5-7-11;7-6(8)5-10-3-1-9-2-4-10;3-2(4)1-5;;;;/h5-8,14H,9-12H2,1-4H3;13-14H,4-12H2,1-3H3;10-11,14H,1-9H2;9H,4-8H2,1-3H3;10H,4-7H2,1-3H3;6,9H,1-5H2;2,5H,1H2;4*1H4. The number of amides is 4. The van der Waals surface area contributed by atoms with Crippen molar-refractivity contribution in [2.24, 2.45) is 17.8 Å². The number of halogens is 10. The van der Waals surface area contributed by atoms with Crippen molar-refractivity contribution in [2.75, 3.05) is 223 Å². The van der Waals surface area contributed by atoms with Gasteiger partial charge in [-0.1, -0.05) is 47.4 Å². The maximum Gasteiger partial charge on any atom is 0.410 e. The summed E-state index contributed by atoms with van der Waals surface area (Å²) >= 11 is 0. The number of ether oxygens (including phenoxy) is 4. The second-order valence-corrected chi connectivity index (χ2v) is 33.6. The molecule has 0 bridgehead atoms. The van der Waals surface area contributed by atoms with Crippen LogP contribution in [0.4, 0.5) is 63.1 Å². The summed E-state index contributed by atoms with van der Waals surface area (Å²) in [7, 11) is -3.72. The minimum Gasteiger partial charge on any atom is -0.444 e. The number of alkyl halides is 10. The minimum atomic E-state index is -3.72. The van der Waals surface area contributed by atoms with Crippen LogP contribution in [0, 0.1) is 24.7 Å². The summed E-state index contributed by atoms with van der Waals surface area (Å²) in [4.78, 5) is 65.5. The summed E-state index contributed by atoms with van der Waals surface area (Å²) in [5.41, 5.74) is -0.863. The lowest BCUT2D eigenvalue weighted by molar-refractivity contribution is -0.00504. The molecule has 8 aliphatic heterocycles. The molecule has 4 amide bonds. The first kappa shape index (κ1) is 109. The van der Waals surface area contributed by atoms with Gasteiger partial charge in [-0.25, -0.2) is 63.1 Å². The first-order valence-electron chi connectivity index (χ1n) is 37.7. The van der Waals surface area contributed by atoms with Crippen molar-refractivity contribution >= 4 is 34.5 Å². The zero-order valence-electron chi connectivity index (χ0n) is 66.2. The van der Waals surface area contributed by atoms with E-state index in [1.807, 2.05) is 79.0 Å². The van der Waals surface area contributed by atoms with Crippen molar-refractivity contribution in [3.63, 3.8) is 0 Å². The highest BCUT2D eigenvalue weighted by Gasteiger charge is 2.36. The number of piperazine rings is 5. The predicted octanol–water partition coefficient (Wildman–Crippen LogP) is 11.1. The molecule has 112 heavy (non-hydrogen) atoms. The number of aliphatic hydroxyl groups excluding tert-OH is 1. The van der Waals surface area contributed by atoms with Crippen LogP contribution in [0.15, 0.2) is 29.2 Å². The SMILES string of the molecule is C.C.C.C.CC(C)(C)OC(=O)N1CC(CCN2CCN(CC(F)F)CC2)C1.CC(C)(C)OC(=O)N1CCN(CC(F)F)CC1.CC(C)(C)OC(=O)N1CCNCC1.Cc1ccc(S(=O)(=O)OCCC2CN(C(=O)OC(C)(C)C)C2)cc1.FC(F)CN1CCN(CCC2CNC2)CC1.FC(F)CN1CCNCC1.OCC(F)F. The molecule has 662 valence electrons. The third-order valence-corrected chi connectivity index (χ3v) is 18.8. The third kappa shape index (κ3) is 50.6. The molecule has 36 heteroatoms. The fraction of sp³-hybridized carbons (Fsp3) is 0.868. The van der Waals surface area contributed by atoms with E-state index in [0.29, 0.717) is 51.6 Å². The Hall–Kier alpha value is -4.89. The lowest BCUT2D eigenvalue weighted by Crippen LogP contribution is -2.53. The number of hydrogen-bond donors (Lipinski definition) is 4. The zero-order chi connectivity index (χ0) is 81.0. The fourth-order valence-electron chi connectivity index (χ4n) is 11.5. The predicted molar refractivity (Wildman–Crippen MR) is 421 cm³/mol. The molecule has 0 spiro atoms. The van der Waals surface area contributed by atoms with Gasteiger partial charge in [0.05, 0.1) is 37.7 Å². The van der Waals surface area contributed by atoms with E-state index in [1.165, 1.54) is 18.6 Å². The Bertz CT molecular complexity index is 2750. The van der Waals surface area contributed by atoms with Gasteiger partial charge in [0.2, 0.25) is 0 Å². The Kier molecular flexibility index (Phi) is 53.5. The van der Waals surface area contributed by atoms with Crippen LogP contribution in [0.3, 0.4) is 0 Å². The molecule has 0 aromatic heterocycles. The van der Waals surface area contributed by atoms with E-state index >= 15 is 0 Å². The highest BCUT2D eigenvalue weighted by Crippen LogP contribution is 2.26. The van der Waals surface area contributed by atoms with Crippen LogP contribution in [0.2, 0.25) is 0 Å². The number of benzene rings is 1. The Morgan fingerprint density at radius 2 is 0.679 bits per heavy atom. The van der Waals surface area contributed by atoms with Crippen LogP contribution >= 0.6 is 0 Å². The largest absolute Gasteiger partial charge is 0.444 e. The van der Waals surface area contributed by atoms with Crippen LogP contribution in [0.25, 0.3) is 0 Å². The summed E-state index contributed by atoms with van der Waals surface area (Å²) in [6, 6.07) is 6.55. The molecule has 0 radical (unpaired) electrons. The quantitative estimate of drug-likeness (QED) is 0.0539. The maximum absolute atomic E-state index is 12.3. The van der Waals surface area contributed by atoms with E-state index in [0.717, 1.165) is 162 Å². The molecule has 25 nitrogen and oxygen atoms in total. The molecule has 0 atom stereocenters. The lowest BCUT2D eigenvalue weighted by Gasteiger charge is -2.41. The van der Waals surface area contributed by atoms with Gasteiger partial charge in [-0.15, -0.1) is 0 Å². The number of aryl methyl sites for hydroxylation is 1. The summed E-state index contributed by atoms with van der Waals surface area (Å²) in [6.45, 7) is 44.7. The first-order chi connectivity index (χ1) is 50.4. The van der Waals surface area contributed by atoms with E-state index in [-0.39, 0.29) is 103 Å². The topological polar surface area (TPSA) is 237 Å². The summed E-state index contributed by atoms with van der Waals surface area (Å²) < 4.78 is 168. The number of carbonyl (C=O) groups excluding carboxylic acids is 4. The maximum atomic E-state index is 12.3. The molecule has 8 saturated heterocycles. The van der Waals surface area contributed by atoms with Gasteiger partial charge >= 0.3 is 24.4 Å². The second-order valence-electron chi connectivity index (χ2n) is 31.9. The molecule has 1 aromatic carbocycles.